The summed E-state index contributed by atoms with van der Waals surface area (Å²) < 4.78 is 13.5. The van der Waals surface area contributed by atoms with Crippen molar-refractivity contribution < 1.29 is 9.60 Å². The van der Waals surface area contributed by atoms with Gasteiger partial charge in [0.2, 0.25) is 0 Å². The van der Waals surface area contributed by atoms with Crippen LogP contribution in [0.15, 0.2) is 23.4 Å². The van der Waals surface area contributed by atoms with Gasteiger partial charge in [0.1, 0.15) is 5.82 Å². The molecule has 2 rings (SSSR count). The highest BCUT2D eigenvalue weighted by Crippen LogP contribution is 2.48. The number of nitrogens with one attached hydrogen (secondary N) is 1. The summed E-state index contributed by atoms with van der Waals surface area (Å²) in [7, 11) is 0. The second-order valence-corrected chi connectivity index (χ2v) is 5.69. The lowest BCUT2D eigenvalue weighted by Gasteiger charge is -2.15. The van der Waals surface area contributed by atoms with Crippen molar-refractivity contribution in [1.82, 2.24) is 5.32 Å². The third-order valence-corrected chi connectivity index (χ3v) is 3.93. The molecule has 4 N–H and O–H groups in total. The Morgan fingerprint density at radius 1 is 1.45 bits per heavy atom. The summed E-state index contributed by atoms with van der Waals surface area (Å²) >= 11 is 0. The van der Waals surface area contributed by atoms with Gasteiger partial charge in [-0.05, 0) is 48.4 Å². The number of rotatable bonds is 7. The number of hydrogen-bond acceptors (Lipinski definition) is 3. The van der Waals surface area contributed by atoms with Crippen LogP contribution in [0.1, 0.15) is 43.7 Å². The summed E-state index contributed by atoms with van der Waals surface area (Å²) in [5, 5.41) is 14.9. The van der Waals surface area contributed by atoms with Crippen LogP contribution in [0.4, 0.5) is 4.39 Å². The quantitative estimate of drug-likeness (QED) is 0.311. The maximum absolute atomic E-state index is 13.5. The molecule has 1 aliphatic carbocycles. The molecule has 0 atom stereocenters. The van der Waals surface area contributed by atoms with Crippen molar-refractivity contribution in [3.05, 3.63) is 35.1 Å². The molecular weight excluding hydrogens is 257 g/mol. The van der Waals surface area contributed by atoms with Gasteiger partial charge in [-0.3, -0.25) is 0 Å². The maximum Gasteiger partial charge on any atom is 0.170 e. The number of nitrogens with two attached hydrogens (primary N) is 1. The summed E-state index contributed by atoms with van der Waals surface area (Å²) in [5.41, 5.74) is 7.17. The first-order chi connectivity index (χ1) is 9.58. The van der Waals surface area contributed by atoms with Gasteiger partial charge in [-0.15, -0.1) is 0 Å². The Bertz CT molecular complexity index is 498. The Morgan fingerprint density at radius 2 is 2.20 bits per heavy atom. The van der Waals surface area contributed by atoms with Gasteiger partial charge in [-0.1, -0.05) is 18.5 Å². The van der Waals surface area contributed by atoms with E-state index in [-0.39, 0.29) is 11.7 Å². The Labute approximate surface area is 118 Å². The zero-order valence-electron chi connectivity index (χ0n) is 11.8. The molecule has 0 aromatic heterocycles. The van der Waals surface area contributed by atoms with Gasteiger partial charge in [0.25, 0.3) is 0 Å². The largest absolute Gasteiger partial charge is 0.409 e. The molecule has 110 valence electrons. The van der Waals surface area contributed by atoms with E-state index in [1.54, 1.807) is 6.07 Å². The molecule has 0 radical (unpaired) electrons. The molecule has 1 aliphatic rings. The number of hydrogen-bond donors (Lipinski definition) is 3. The number of oxime groups is 1. The van der Waals surface area contributed by atoms with E-state index in [9.17, 15) is 4.39 Å². The van der Waals surface area contributed by atoms with Gasteiger partial charge in [-0.2, -0.15) is 0 Å². The third kappa shape index (κ3) is 3.70. The molecule has 0 saturated heterocycles. The van der Waals surface area contributed by atoms with Gasteiger partial charge in [-0.25, -0.2) is 4.39 Å². The number of nitrogens with zero attached hydrogens (tertiary/aromatic N) is 1. The molecule has 5 heteroatoms. The summed E-state index contributed by atoms with van der Waals surface area (Å²) in [6.07, 6.45) is 5.02. The van der Waals surface area contributed by atoms with Crippen molar-refractivity contribution >= 4 is 5.84 Å². The molecular formula is C15H22FN3O. The standard InChI is InChI=1S/C15H22FN3O/c1-2-3-15(4-5-15)10-18-9-11-6-12(14(17)19-20)8-13(16)7-11/h6-8,18,20H,2-5,9-10H2,1H3,(H2,17,19). The van der Waals surface area contributed by atoms with E-state index in [1.165, 1.54) is 37.8 Å². The molecule has 0 aliphatic heterocycles. The number of halogens is 1. The summed E-state index contributed by atoms with van der Waals surface area (Å²) in [6, 6.07) is 4.48. The number of amidine groups is 1. The van der Waals surface area contributed by atoms with E-state index in [4.69, 9.17) is 10.9 Å². The van der Waals surface area contributed by atoms with Crippen LogP contribution in [-0.2, 0) is 6.54 Å². The minimum atomic E-state index is -0.374. The van der Waals surface area contributed by atoms with Crippen LogP contribution >= 0.6 is 0 Å². The molecule has 0 spiro atoms. The molecule has 0 unspecified atom stereocenters. The molecule has 0 amide bonds. The van der Waals surface area contributed by atoms with E-state index in [1.807, 2.05) is 0 Å². The van der Waals surface area contributed by atoms with Crippen molar-refractivity contribution in [3.63, 3.8) is 0 Å². The molecule has 0 heterocycles. The van der Waals surface area contributed by atoms with Crippen LogP contribution in [0.5, 0.6) is 0 Å². The smallest absolute Gasteiger partial charge is 0.170 e. The normalized spacial score (nSPS) is 17.2. The first-order valence-electron chi connectivity index (χ1n) is 7.07. The second kappa shape index (κ2) is 6.22. The first-order valence-corrected chi connectivity index (χ1v) is 7.07. The summed E-state index contributed by atoms with van der Waals surface area (Å²) in [5.74, 6) is -0.448. The van der Waals surface area contributed by atoms with E-state index in [2.05, 4.69) is 17.4 Å². The molecule has 1 saturated carbocycles. The lowest BCUT2D eigenvalue weighted by molar-refractivity contribution is 0.318. The Kier molecular flexibility index (Phi) is 4.60. The van der Waals surface area contributed by atoms with Crippen LogP contribution in [0.25, 0.3) is 0 Å². The highest BCUT2D eigenvalue weighted by atomic mass is 19.1. The fourth-order valence-corrected chi connectivity index (χ4v) is 2.65. The van der Waals surface area contributed by atoms with Crippen LogP contribution in [0, 0.1) is 11.2 Å². The average molecular weight is 279 g/mol. The average Bonchev–Trinajstić information content (AvgIpc) is 3.17. The lowest BCUT2D eigenvalue weighted by Crippen LogP contribution is -2.24. The van der Waals surface area contributed by atoms with Crippen LogP contribution in [-0.4, -0.2) is 17.6 Å². The predicted molar refractivity (Wildman–Crippen MR) is 77.2 cm³/mol. The van der Waals surface area contributed by atoms with Gasteiger partial charge in [0.15, 0.2) is 5.84 Å². The zero-order valence-corrected chi connectivity index (χ0v) is 11.8. The molecule has 4 nitrogen and oxygen atoms in total. The zero-order chi connectivity index (χ0) is 14.6. The molecule has 0 bridgehead atoms. The number of benzene rings is 1. The van der Waals surface area contributed by atoms with Crippen LogP contribution < -0.4 is 11.1 Å². The van der Waals surface area contributed by atoms with E-state index in [0.29, 0.717) is 17.5 Å². The van der Waals surface area contributed by atoms with Crippen molar-refractivity contribution in [2.45, 2.75) is 39.2 Å². The van der Waals surface area contributed by atoms with Gasteiger partial charge in [0, 0.05) is 18.7 Å². The minimum Gasteiger partial charge on any atom is -0.409 e. The molecule has 1 aromatic carbocycles. The van der Waals surface area contributed by atoms with E-state index < -0.39 is 0 Å². The van der Waals surface area contributed by atoms with Gasteiger partial charge >= 0.3 is 0 Å². The Balaban J connectivity index is 1.94. The molecule has 1 aromatic rings. The maximum atomic E-state index is 13.5. The molecule has 1 fully saturated rings. The fourth-order valence-electron chi connectivity index (χ4n) is 2.65. The summed E-state index contributed by atoms with van der Waals surface area (Å²) in [6.45, 7) is 3.76. The van der Waals surface area contributed by atoms with Crippen molar-refractivity contribution in [1.29, 1.82) is 0 Å². The minimum absolute atomic E-state index is 0.0737. The van der Waals surface area contributed by atoms with Crippen LogP contribution in [0.2, 0.25) is 0 Å². The third-order valence-electron chi connectivity index (χ3n) is 3.93. The topological polar surface area (TPSA) is 70.6 Å². The van der Waals surface area contributed by atoms with Crippen molar-refractivity contribution in [3.8, 4) is 0 Å². The van der Waals surface area contributed by atoms with Crippen LogP contribution in [0.3, 0.4) is 0 Å². The van der Waals surface area contributed by atoms with Crippen molar-refractivity contribution in [2.24, 2.45) is 16.3 Å². The van der Waals surface area contributed by atoms with Crippen molar-refractivity contribution in [2.75, 3.05) is 6.54 Å². The second-order valence-electron chi connectivity index (χ2n) is 5.69. The summed E-state index contributed by atoms with van der Waals surface area (Å²) in [4.78, 5) is 0. The first kappa shape index (κ1) is 14.8. The highest BCUT2D eigenvalue weighted by molar-refractivity contribution is 5.97. The Morgan fingerprint density at radius 3 is 2.80 bits per heavy atom. The molecule has 20 heavy (non-hydrogen) atoms. The Hall–Kier alpha value is -1.62. The van der Waals surface area contributed by atoms with E-state index in [0.717, 1.165) is 12.1 Å². The lowest BCUT2D eigenvalue weighted by atomic mass is 10.0. The van der Waals surface area contributed by atoms with E-state index >= 15 is 0 Å². The fraction of sp³-hybridized carbons (Fsp3) is 0.533. The predicted octanol–water partition coefficient (Wildman–Crippen LogP) is 2.59. The van der Waals surface area contributed by atoms with Gasteiger partial charge < -0.3 is 16.3 Å². The SMILES string of the molecule is CCCC1(CNCc2cc(F)cc(/C(N)=N/O)c2)CC1. The monoisotopic (exact) mass is 279 g/mol. The highest BCUT2D eigenvalue weighted by Gasteiger charge is 2.40. The van der Waals surface area contributed by atoms with Gasteiger partial charge in [0.05, 0.1) is 0 Å².